The first kappa shape index (κ1) is 22.9. The number of hydrogen-bond donors (Lipinski definition) is 3. The van der Waals surface area contributed by atoms with Crippen LogP contribution in [-0.2, 0) is 14.3 Å². The second-order valence-electron chi connectivity index (χ2n) is 5.86. The number of ether oxygens (including phenoxy) is 1. The monoisotopic (exact) mass is 436 g/mol. The number of carboxylic acid groups (broad SMARTS) is 2. The van der Waals surface area contributed by atoms with Gasteiger partial charge in [-0.05, 0) is 17.7 Å². The molecule has 2 heterocycles. The Morgan fingerprint density at radius 1 is 1.17 bits per heavy atom. The summed E-state index contributed by atoms with van der Waals surface area (Å²) in [7, 11) is 0. The van der Waals surface area contributed by atoms with Crippen LogP contribution in [0, 0.1) is 0 Å². The zero-order valence-electron chi connectivity index (χ0n) is 15.4. The van der Waals surface area contributed by atoms with E-state index in [1.807, 2.05) is 18.2 Å². The van der Waals surface area contributed by atoms with E-state index in [0.717, 1.165) is 24.7 Å². The maximum atomic E-state index is 9.55. The number of aromatic nitrogens is 1. The van der Waals surface area contributed by atoms with E-state index in [2.05, 4.69) is 34.6 Å². The lowest BCUT2D eigenvalue weighted by molar-refractivity contribution is -0.134. The van der Waals surface area contributed by atoms with E-state index in [9.17, 15) is 9.59 Å². The van der Waals surface area contributed by atoms with Gasteiger partial charge < -0.3 is 20.3 Å². The van der Waals surface area contributed by atoms with Gasteiger partial charge in [0.25, 0.3) is 0 Å². The van der Waals surface area contributed by atoms with Crippen molar-refractivity contribution in [1.82, 2.24) is 10.3 Å². The fraction of sp³-hybridized carbons (Fsp3) is 0.250. The minimum atomic E-state index is -1.26. The third-order valence-corrected chi connectivity index (χ3v) is 5.55. The lowest BCUT2D eigenvalue weighted by atomic mass is 10.1. The van der Waals surface area contributed by atoms with Gasteiger partial charge in [0.05, 0.1) is 23.0 Å². The highest BCUT2D eigenvalue weighted by Crippen LogP contribution is 2.40. The number of thioether (sulfide) groups is 1. The van der Waals surface area contributed by atoms with Crippen molar-refractivity contribution < 1.29 is 24.5 Å². The Balaban J connectivity index is 0.000000321. The average molecular weight is 437 g/mol. The molecule has 1 fully saturated rings. The number of carbonyl (C=O) groups is 2. The number of carboxylic acids is 2. The van der Waals surface area contributed by atoms with E-state index in [4.69, 9.17) is 26.6 Å². The third kappa shape index (κ3) is 8.25. The second kappa shape index (κ2) is 12.2. The number of aliphatic carboxylic acids is 2. The fourth-order valence-corrected chi connectivity index (χ4v) is 3.92. The van der Waals surface area contributed by atoms with Crippen molar-refractivity contribution >= 4 is 35.3 Å². The zero-order valence-corrected chi connectivity index (χ0v) is 17.0. The fourth-order valence-electron chi connectivity index (χ4n) is 2.50. The second-order valence-corrected chi connectivity index (χ2v) is 7.40. The van der Waals surface area contributed by atoms with Crippen molar-refractivity contribution in [2.45, 2.75) is 16.4 Å². The normalized spacial score (nSPS) is 17.2. The summed E-state index contributed by atoms with van der Waals surface area (Å²) in [6.07, 6.45) is 3.00. The molecular weight excluding hydrogens is 416 g/mol. The number of pyridine rings is 1. The summed E-state index contributed by atoms with van der Waals surface area (Å²) >= 11 is 7.92. The van der Waals surface area contributed by atoms with Crippen LogP contribution in [0.5, 0.6) is 0 Å². The Morgan fingerprint density at radius 3 is 2.41 bits per heavy atom. The van der Waals surface area contributed by atoms with Crippen LogP contribution in [0.1, 0.15) is 10.8 Å². The highest BCUT2D eigenvalue weighted by molar-refractivity contribution is 7.99. The van der Waals surface area contributed by atoms with Crippen molar-refractivity contribution in [3.63, 3.8) is 0 Å². The number of nitrogens with zero attached hydrogens (tertiary/aromatic N) is 1. The van der Waals surface area contributed by atoms with E-state index in [0.29, 0.717) is 17.2 Å². The Labute approximate surface area is 177 Å². The molecule has 0 saturated carbocycles. The predicted octanol–water partition coefficient (Wildman–Crippen LogP) is 3.27. The molecule has 29 heavy (non-hydrogen) atoms. The average Bonchev–Trinajstić information content (AvgIpc) is 2.73. The number of halogens is 1. The summed E-state index contributed by atoms with van der Waals surface area (Å²) < 4.78 is 5.95. The topological polar surface area (TPSA) is 109 Å². The molecule has 3 N–H and O–H groups in total. The van der Waals surface area contributed by atoms with Gasteiger partial charge in [0.1, 0.15) is 5.03 Å². The molecule has 3 rings (SSSR count). The highest BCUT2D eigenvalue weighted by atomic mass is 35.5. The molecule has 0 bridgehead atoms. The van der Waals surface area contributed by atoms with Gasteiger partial charge >= 0.3 is 11.9 Å². The van der Waals surface area contributed by atoms with Crippen LogP contribution in [0.3, 0.4) is 0 Å². The summed E-state index contributed by atoms with van der Waals surface area (Å²) in [4.78, 5) is 23.5. The van der Waals surface area contributed by atoms with Crippen LogP contribution < -0.4 is 5.32 Å². The number of nitrogens with one attached hydrogen (secondary N) is 1. The first-order chi connectivity index (χ1) is 14.0. The Hall–Kier alpha value is -2.39. The first-order valence-electron chi connectivity index (χ1n) is 8.75. The third-order valence-electron chi connectivity index (χ3n) is 3.75. The first-order valence-corrected chi connectivity index (χ1v) is 10.0. The van der Waals surface area contributed by atoms with Crippen molar-refractivity contribution in [1.29, 1.82) is 0 Å². The van der Waals surface area contributed by atoms with E-state index < -0.39 is 11.9 Å². The summed E-state index contributed by atoms with van der Waals surface area (Å²) in [6.45, 7) is 2.49. The number of hydrogen-bond acceptors (Lipinski definition) is 6. The van der Waals surface area contributed by atoms with Gasteiger partial charge in [-0.25, -0.2) is 14.6 Å². The van der Waals surface area contributed by atoms with Crippen LogP contribution in [0.2, 0.25) is 5.02 Å². The standard InChI is InChI=1S/C16H17ClN2OS.C4H4O4/c17-13-7-4-8-19-16(13)21-15(12-5-2-1-3-6-12)14-11-18-9-10-20-14;5-3(6)1-2-4(7)8/h1-8,14-15,18H,9-11H2;1-2H,(H,5,6)(H,7,8)/t14-,15-;/m0./s1. The van der Waals surface area contributed by atoms with Crippen molar-refractivity contribution in [3.05, 3.63) is 71.4 Å². The summed E-state index contributed by atoms with van der Waals surface area (Å²) in [5, 5.41) is 20.7. The van der Waals surface area contributed by atoms with Gasteiger partial charge in [-0.15, -0.1) is 0 Å². The van der Waals surface area contributed by atoms with Crippen LogP contribution in [-0.4, -0.2) is 52.9 Å². The van der Waals surface area contributed by atoms with Gasteiger partial charge in [-0.2, -0.15) is 0 Å². The highest BCUT2D eigenvalue weighted by Gasteiger charge is 2.27. The van der Waals surface area contributed by atoms with E-state index in [-0.39, 0.29) is 11.4 Å². The molecule has 1 aliphatic rings. The van der Waals surface area contributed by atoms with E-state index in [1.54, 1.807) is 18.0 Å². The minimum absolute atomic E-state index is 0.115. The van der Waals surface area contributed by atoms with E-state index >= 15 is 0 Å². The number of benzene rings is 1. The number of morpholine rings is 1. The van der Waals surface area contributed by atoms with Gasteiger partial charge in [-0.1, -0.05) is 53.7 Å². The molecule has 154 valence electrons. The minimum Gasteiger partial charge on any atom is -0.478 e. The molecule has 0 unspecified atom stereocenters. The maximum absolute atomic E-state index is 9.55. The zero-order chi connectivity index (χ0) is 21.1. The summed E-state index contributed by atoms with van der Waals surface area (Å²) in [6, 6.07) is 14.1. The summed E-state index contributed by atoms with van der Waals surface area (Å²) in [5.74, 6) is -2.51. The molecule has 0 spiro atoms. The van der Waals surface area contributed by atoms with Crippen LogP contribution in [0.25, 0.3) is 0 Å². The van der Waals surface area contributed by atoms with Crippen molar-refractivity contribution in [3.8, 4) is 0 Å². The molecule has 1 aromatic heterocycles. The molecule has 0 radical (unpaired) electrons. The largest absolute Gasteiger partial charge is 0.478 e. The van der Waals surface area contributed by atoms with Gasteiger partial charge in [0, 0.05) is 31.4 Å². The van der Waals surface area contributed by atoms with Gasteiger partial charge in [0.2, 0.25) is 0 Å². The van der Waals surface area contributed by atoms with Crippen LogP contribution in [0.4, 0.5) is 0 Å². The molecule has 7 nitrogen and oxygen atoms in total. The van der Waals surface area contributed by atoms with Gasteiger partial charge in [-0.3, -0.25) is 0 Å². The van der Waals surface area contributed by atoms with E-state index in [1.165, 1.54) is 5.56 Å². The van der Waals surface area contributed by atoms with Crippen molar-refractivity contribution in [2.24, 2.45) is 0 Å². The SMILES string of the molecule is Clc1cccnc1S[C@@H](c1ccccc1)[C@@H]1CNCCO1.O=C(O)C=CC(=O)O. The molecule has 1 aromatic carbocycles. The van der Waals surface area contributed by atoms with Crippen LogP contribution in [0.15, 0.2) is 65.8 Å². The molecule has 9 heteroatoms. The van der Waals surface area contributed by atoms with Crippen LogP contribution >= 0.6 is 23.4 Å². The molecule has 0 amide bonds. The smallest absolute Gasteiger partial charge is 0.328 e. The lowest BCUT2D eigenvalue weighted by Gasteiger charge is -2.30. The molecule has 1 saturated heterocycles. The lowest BCUT2D eigenvalue weighted by Crippen LogP contribution is -2.41. The molecule has 1 aliphatic heterocycles. The predicted molar refractivity (Wildman–Crippen MR) is 111 cm³/mol. The quantitative estimate of drug-likeness (QED) is 0.467. The Bertz CT molecular complexity index is 813. The molecular formula is C20H21ClN2O5S. The van der Waals surface area contributed by atoms with Gasteiger partial charge in [0.15, 0.2) is 0 Å². The molecule has 0 aliphatic carbocycles. The Morgan fingerprint density at radius 2 is 1.86 bits per heavy atom. The Kier molecular flexibility index (Phi) is 9.66. The van der Waals surface area contributed by atoms with Crippen molar-refractivity contribution in [2.75, 3.05) is 19.7 Å². The molecule has 2 atom stereocenters. The number of rotatable bonds is 6. The maximum Gasteiger partial charge on any atom is 0.328 e. The molecule has 2 aromatic rings. The summed E-state index contributed by atoms with van der Waals surface area (Å²) in [5.41, 5.74) is 1.23.